The molecule has 96 valence electrons. The molecular weight excluding hydrogens is 241 g/mol. The SMILES string of the molecule is Cc1ccc(CN)cc1-c1cc2cc(F)ccc2o1. The zero-order chi connectivity index (χ0) is 13.4. The molecular formula is C16H14FNO. The molecule has 2 nitrogen and oxygen atoms in total. The summed E-state index contributed by atoms with van der Waals surface area (Å²) in [5.74, 6) is 0.487. The minimum atomic E-state index is -0.257. The molecule has 1 heterocycles. The van der Waals surface area contributed by atoms with Crippen LogP contribution < -0.4 is 5.73 Å². The molecule has 0 amide bonds. The number of hydrogen-bond acceptors (Lipinski definition) is 2. The van der Waals surface area contributed by atoms with E-state index in [1.807, 2.05) is 31.2 Å². The molecule has 19 heavy (non-hydrogen) atoms. The Morgan fingerprint density at radius 2 is 1.95 bits per heavy atom. The molecule has 0 spiro atoms. The van der Waals surface area contributed by atoms with Crippen molar-refractivity contribution in [2.75, 3.05) is 0 Å². The predicted molar refractivity (Wildman–Crippen MR) is 74.2 cm³/mol. The summed E-state index contributed by atoms with van der Waals surface area (Å²) in [6, 6.07) is 12.4. The van der Waals surface area contributed by atoms with E-state index >= 15 is 0 Å². The van der Waals surface area contributed by atoms with E-state index < -0.39 is 0 Å². The van der Waals surface area contributed by atoms with Gasteiger partial charge in [-0.15, -0.1) is 0 Å². The van der Waals surface area contributed by atoms with Gasteiger partial charge in [-0.1, -0.05) is 12.1 Å². The highest BCUT2D eigenvalue weighted by Gasteiger charge is 2.10. The average molecular weight is 255 g/mol. The van der Waals surface area contributed by atoms with Crippen molar-refractivity contribution in [2.45, 2.75) is 13.5 Å². The molecule has 0 aliphatic rings. The van der Waals surface area contributed by atoms with E-state index in [2.05, 4.69) is 0 Å². The van der Waals surface area contributed by atoms with Crippen LogP contribution in [-0.2, 0) is 6.54 Å². The Labute approximate surface area is 110 Å². The van der Waals surface area contributed by atoms with Crippen molar-refractivity contribution in [3.63, 3.8) is 0 Å². The topological polar surface area (TPSA) is 39.2 Å². The summed E-state index contributed by atoms with van der Waals surface area (Å²) >= 11 is 0. The molecule has 3 heteroatoms. The minimum Gasteiger partial charge on any atom is -0.456 e. The summed E-state index contributed by atoms with van der Waals surface area (Å²) in [7, 11) is 0. The maximum absolute atomic E-state index is 13.2. The van der Waals surface area contributed by atoms with E-state index in [4.69, 9.17) is 10.2 Å². The number of nitrogens with two attached hydrogens (primary N) is 1. The fourth-order valence-corrected chi connectivity index (χ4v) is 2.21. The monoisotopic (exact) mass is 255 g/mol. The van der Waals surface area contributed by atoms with Crippen LogP contribution in [0.25, 0.3) is 22.3 Å². The molecule has 2 N–H and O–H groups in total. The van der Waals surface area contributed by atoms with Crippen molar-refractivity contribution in [1.82, 2.24) is 0 Å². The zero-order valence-corrected chi connectivity index (χ0v) is 10.6. The van der Waals surface area contributed by atoms with Crippen LogP contribution in [0.2, 0.25) is 0 Å². The quantitative estimate of drug-likeness (QED) is 0.751. The Morgan fingerprint density at radius 1 is 1.11 bits per heavy atom. The first-order valence-corrected chi connectivity index (χ1v) is 6.16. The summed E-state index contributed by atoms with van der Waals surface area (Å²) < 4.78 is 19.0. The number of hydrogen-bond donors (Lipinski definition) is 1. The summed E-state index contributed by atoms with van der Waals surface area (Å²) in [6.07, 6.45) is 0. The second-order valence-corrected chi connectivity index (χ2v) is 4.65. The molecule has 0 bridgehead atoms. The summed E-state index contributed by atoms with van der Waals surface area (Å²) in [5, 5.41) is 0.771. The second-order valence-electron chi connectivity index (χ2n) is 4.65. The molecule has 0 aliphatic carbocycles. The molecule has 0 unspecified atom stereocenters. The molecule has 2 aromatic carbocycles. The molecule has 0 atom stereocenters. The van der Waals surface area contributed by atoms with Crippen LogP contribution in [0.4, 0.5) is 4.39 Å². The van der Waals surface area contributed by atoms with Gasteiger partial charge in [0.15, 0.2) is 0 Å². The fraction of sp³-hybridized carbons (Fsp3) is 0.125. The lowest BCUT2D eigenvalue weighted by atomic mass is 10.0. The van der Waals surface area contributed by atoms with E-state index in [9.17, 15) is 4.39 Å². The van der Waals surface area contributed by atoms with Crippen molar-refractivity contribution in [1.29, 1.82) is 0 Å². The second kappa shape index (κ2) is 4.52. The summed E-state index contributed by atoms with van der Waals surface area (Å²) in [6.45, 7) is 2.51. The van der Waals surface area contributed by atoms with Gasteiger partial charge in [0.1, 0.15) is 17.2 Å². The first-order chi connectivity index (χ1) is 9.17. The van der Waals surface area contributed by atoms with Crippen molar-refractivity contribution < 1.29 is 8.81 Å². The molecule has 0 radical (unpaired) electrons. The smallest absolute Gasteiger partial charge is 0.135 e. The number of rotatable bonds is 2. The molecule has 0 saturated heterocycles. The van der Waals surface area contributed by atoms with Crippen LogP contribution in [-0.4, -0.2) is 0 Å². The first-order valence-electron chi connectivity index (χ1n) is 6.16. The highest BCUT2D eigenvalue weighted by atomic mass is 19.1. The predicted octanol–water partition coefficient (Wildman–Crippen LogP) is 4.01. The Morgan fingerprint density at radius 3 is 2.74 bits per heavy atom. The van der Waals surface area contributed by atoms with Crippen LogP contribution >= 0.6 is 0 Å². The van der Waals surface area contributed by atoms with Gasteiger partial charge in [0.2, 0.25) is 0 Å². The lowest BCUT2D eigenvalue weighted by Gasteiger charge is -2.04. The van der Waals surface area contributed by atoms with Crippen LogP contribution in [0.15, 0.2) is 46.9 Å². The Hall–Kier alpha value is -2.13. The van der Waals surface area contributed by atoms with Crippen molar-refractivity contribution in [3.8, 4) is 11.3 Å². The van der Waals surface area contributed by atoms with Crippen LogP contribution in [0.1, 0.15) is 11.1 Å². The van der Waals surface area contributed by atoms with Crippen molar-refractivity contribution in [2.24, 2.45) is 5.73 Å². The minimum absolute atomic E-state index is 0.257. The number of fused-ring (bicyclic) bond motifs is 1. The molecule has 3 rings (SSSR count). The largest absolute Gasteiger partial charge is 0.456 e. The fourth-order valence-electron chi connectivity index (χ4n) is 2.21. The molecule has 3 aromatic rings. The maximum atomic E-state index is 13.2. The maximum Gasteiger partial charge on any atom is 0.135 e. The molecule has 0 aliphatic heterocycles. The first kappa shape index (κ1) is 11.9. The van der Waals surface area contributed by atoms with Gasteiger partial charge < -0.3 is 10.2 Å². The van der Waals surface area contributed by atoms with E-state index in [0.29, 0.717) is 12.1 Å². The third kappa shape index (κ3) is 2.13. The zero-order valence-electron chi connectivity index (χ0n) is 10.6. The number of furan rings is 1. The third-order valence-corrected chi connectivity index (χ3v) is 3.28. The van der Waals surface area contributed by atoms with Gasteiger partial charge in [-0.2, -0.15) is 0 Å². The average Bonchev–Trinajstić information content (AvgIpc) is 2.82. The number of benzene rings is 2. The molecule has 0 fully saturated rings. The Balaban J connectivity index is 2.18. The number of halogens is 1. The van der Waals surface area contributed by atoms with E-state index in [0.717, 1.165) is 27.8 Å². The van der Waals surface area contributed by atoms with Crippen LogP contribution in [0.5, 0.6) is 0 Å². The third-order valence-electron chi connectivity index (χ3n) is 3.28. The van der Waals surface area contributed by atoms with Crippen molar-refractivity contribution >= 4 is 11.0 Å². The lowest BCUT2D eigenvalue weighted by Crippen LogP contribution is -1.96. The Kier molecular flexibility index (Phi) is 2.84. The van der Waals surface area contributed by atoms with Gasteiger partial charge in [0.25, 0.3) is 0 Å². The molecule has 1 aromatic heterocycles. The lowest BCUT2D eigenvalue weighted by molar-refractivity contribution is 0.619. The van der Waals surface area contributed by atoms with Gasteiger partial charge in [-0.05, 0) is 48.4 Å². The van der Waals surface area contributed by atoms with Gasteiger partial charge in [0.05, 0.1) is 0 Å². The number of aryl methyl sites for hydroxylation is 1. The highest BCUT2D eigenvalue weighted by Crippen LogP contribution is 2.30. The van der Waals surface area contributed by atoms with Gasteiger partial charge in [-0.3, -0.25) is 0 Å². The van der Waals surface area contributed by atoms with E-state index in [1.54, 1.807) is 6.07 Å². The summed E-state index contributed by atoms with van der Waals surface area (Å²) in [4.78, 5) is 0. The summed E-state index contributed by atoms with van der Waals surface area (Å²) in [5.41, 5.74) is 9.51. The standard InChI is InChI=1S/C16H14FNO/c1-10-2-3-11(9-18)6-14(10)16-8-12-7-13(17)4-5-15(12)19-16/h2-8H,9,18H2,1H3. The van der Waals surface area contributed by atoms with Crippen molar-refractivity contribution in [3.05, 3.63) is 59.4 Å². The Bertz CT molecular complexity index is 746. The van der Waals surface area contributed by atoms with Gasteiger partial charge >= 0.3 is 0 Å². The highest BCUT2D eigenvalue weighted by molar-refractivity contribution is 5.83. The molecule has 0 saturated carbocycles. The van der Waals surface area contributed by atoms with E-state index in [1.165, 1.54) is 12.1 Å². The van der Waals surface area contributed by atoms with Gasteiger partial charge in [0, 0.05) is 17.5 Å². The van der Waals surface area contributed by atoms with E-state index in [-0.39, 0.29) is 5.82 Å². The van der Waals surface area contributed by atoms with Crippen LogP contribution in [0, 0.1) is 12.7 Å². The normalized spacial score (nSPS) is 11.1. The van der Waals surface area contributed by atoms with Gasteiger partial charge in [-0.25, -0.2) is 4.39 Å². The van der Waals surface area contributed by atoms with Crippen LogP contribution in [0.3, 0.4) is 0 Å².